The highest BCUT2D eigenvalue weighted by atomic mass is 35.5. The van der Waals surface area contributed by atoms with E-state index in [0.717, 1.165) is 18.9 Å². The lowest BCUT2D eigenvalue weighted by Crippen LogP contribution is -2.65. The van der Waals surface area contributed by atoms with Crippen molar-refractivity contribution in [2.45, 2.75) is 83.4 Å². The van der Waals surface area contributed by atoms with Crippen LogP contribution in [0.25, 0.3) is 0 Å². The van der Waals surface area contributed by atoms with E-state index in [-0.39, 0.29) is 29.3 Å². The van der Waals surface area contributed by atoms with E-state index >= 15 is 0 Å². The van der Waals surface area contributed by atoms with Gasteiger partial charge in [-0.15, -0.1) is 11.6 Å². The maximum atomic E-state index is 14.6. The first kappa shape index (κ1) is 24.7. The largest absolute Gasteiger partial charge is 0.495 e. The fourth-order valence-electron chi connectivity index (χ4n) is 5.92. The number of rotatable bonds is 5. The van der Waals surface area contributed by atoms with Gasteiger partial charge in [-0.05, 0) is 75.8 Å². The molecule has 2 bridgehead atoms. The van der Waals surface area contributed by atoms with Crippen LogP contribution in [0.4, 0.5) is 8.78 Å². The summed E-state index contributed by atoms with van der Waals surface area (Å²) in [7, 11) is 0.584. The molecule has 33 heavy (non-hydrogen) atoms. The van der Waals surface area contributed by atoms with Crippen LogP contribution in [0, 0.1) is 28.9 Å². The second kappa shape index (κ2) is 8.09. The number of esters is 1. The summed E-state index contributed by atoms with van der Waals surface area (Å²) in [6, 6.07) is 1.00. The molecule has 4 aliphatic rings. The zero-order valence-corrected chi connectivity index (χ0v) is 21.0. The van der Waals surface area contributed by atoms with Gasteiger partial charge in [0.1, 0.15) is 16.9 Å². The summed E-state index contributed by atoms with van der Waals surface area (Å²) in [6.45, 7) is 11.6. The molecule has 182 valence electrons. The molecule has 4 fully saturated rings. The molecule has 0 amide bonds. The van der Waals surface area contributed by atoms with Crippen LogP contribution in [0.2, 0.25) is 0 Å². The van der Waals surface area contributed by atoms with Crippen molar-refractivity contribution in [3.05, 3.63) is 28.8 Å². The fraction of sp³-hybridized carbons (Fsp3) is 0.708. The number of benzene rings is 1. The van der Waals surface area contributed by atoms with Gasteiger partial charge in [-0.25, -0.2) is 13.6 Å². The molecule has 0 N–H and O–H groups in total. The molecule has 0 radical (unpaired) electrons. The van der Waals surface area contributed by atoms with Crippen LogP contribution in [-0.2, 0) is 20.5 Å². The van der Waals surface area contributed by atoms with Gasteiger partial charge in [0.2, 0.25) is 0 Å². The monoisotopic (exact) mass is 484 g/mol. The van der Waals surface area contributed by atoms with E-state index in [4.69, 9.17) is 30.4 Å². The molecule has 5 atom stereocenters. The molecule has 5 nitrogen and oxygen atoms in total. The van der Waals surface area contributed by atoms with E-state index in [0.29, 0.717) is 11.8 Å². The standard InChI is InChI=1S/C24H32BClF2O5/c1-22(2,3)31-21(29)18-19(28)14(27)8-12(20(18)30-7)9-17(26)25-32-16-11-13-10-15(23(13,4)5)24(16,6)33-25/h8,13,15-17H,9-11H2,1-7H3/t13-,15-,16+,17+,24-/m0/s1. The number of alkyl halides is 1. The van der Waals surface area contributed by atoms with Crippen LogP contribution in [0.5, 0.6) is 5.75 Å². The van der Waals surface area contributed by atoms with Gasteiger partial charge in [0.05, 0.1) is 24.1 Å². The number of hydrogen-bond donors (Lipinski definition) is 0. The van der Waals surface area contributed by atoms with Gasteiger partial charge < -0.3 is 18.8 Å². The Morgan fingerprint density at radius 3 is 2.55 bits per heavy atom. The van der Waals surface area contributed by atoms with Gasteiger partial charge in [-0.3, -0.25) is 0 Å². The molecular formula is C24H32BClF2O5. The Balaban J connectivity index is 1.58. The fourth-order valence-corrected chi connectivity index (χ4v) is 6.19. The Bertz CT molecular complexity index is 965. The normalized spacial score (nSPS) is 31.0. The van der Waals surface area contributed by atoms with E-state index in [1.54, 1.807) is 20.8 Å². The lowest BCUT2D eigenvalue weighted by Gasteiger charge is -2.64. The van der Waals surface area contributed by atoms with E-state index < -0.39 is 46.8 Å². The lowest BCUT2D eigenvalue weighted by atomic mass is 9.43. The molecule has 0 unspecified atom stereocenters. The number of methoxy groups -OCH3 is 1. The van der Waals surface area contributed by atoms with Crippen LogP contribution in [-0.4, -0.2) is 42.8 Å². The first-order chi connectivity index (χ1) is 15.2. The number of carbonyl (C=O) groups is 1. The minimum Gasteiger partial charge on any atom is -0.495 e. The first-order valence-electron chi connectivity index (χ1n) is 11.4. The first-order valence-corrected chi connectivity index (χ1v) is 11.9. The molecule has 9 heteroatoms. The van der Waals surface area contributed by atoms with Crippen molar-refractivity contribution in [1.29, 1.82) is 0 Å². The van der Waals surface area contributed by atoms with Gasteiger partial charge in [0, 0.05) is 0 Å². The summed E-state index contributed by atoms with van der Waals surface area (Å²) in [5.41, 5.74) is -1.47. The maximum Gasteiger partial charge on any atom is 0.477 e. The molecule has 1 heterocycles. The number of hydrogen-bond acceptors (Lipinski definition) is 5. The topological polar surface area (TPSA) is 54.0 Å². The summed E-state index contributed by atoms with van der Waals surface area (Å²) in [5, 5.41) is -0.696. The third-order valence-corrected chi connectivity index (χ3v) is 8.10. The predicted molar refractivity (Wildman–Crippen MR) is 122 cm³/mol. The zero-order chi connectivity index (χ0) is 24.5. The highest BCUT2D eigenvalue weighted by Gasteiger charge is 2.68. The van der Waals surface area contributed by atoms with Gasteiger partial charge in [-0.1, -0.05) is 13.8 Å². The Morgan fingerprint density at radius 1 is 1.30 bits per heavy atom. The lowest BCUT2D eigenvalue weighted by molar-refractivity contribution is -0.199. The second-order valence-corrected chi connectivity index (χ2v) is 11.9. The summed E-state index contributed by atoms with van der Waals surface area (Å²) in [4.78, 5) is 12.6. The summed E-state index contributed by atoms with van der Waals surface area (Å²) in [6.07, 6.45) is 2.03. The number of ether oxygens (including phenoxy) is 2. The van der Waals surface area contributed by atoms with E-state index in [1.807, 2.05) is 0 Å². The molecule has 0 spiro atoms. The van der Waals surface area contributed by atoms with Gasteiger partial charge in [0.25, 0.3) is 0 Å². The van der Waals surface area contributed by atoms with Gasteiger partial charge in [-0.2, -0.15) is 0 Å². The highest BCUT2D eigenvalue weighted by Crippen LogP contribution is 2.65. The Labute approximate surface area is 199 Å². The molecule has 5 rings (SSSR count). The van der Waals surface area contributed by atoms with Crippen molar-refractivity contribution in [2.75, 3.05) is 7.11 Å². The quantitative estimate of drug-likeness (QED) is 0.320. The third kappa shape index (κ3) is 4.06. The SMILES string of the molecule is COc1c(C[C@@H](Cl)B2O[C@@H]3C[C@@H]4C[C@@H](C4(C)C)[C@]3(C)O2)cc(F)c(F)c1C(=O)OC(C)(C)C. The highest BCUT2D eigenvalue weighted by molar-refractivity contribution is 6.60. The van der Waals surface area contributed by atoms with E-state index in [1.165, 1.54) is 7.11 Å². The third-order valence-electron chi connectivity index (χ3n) is 7.74. The summed E-state index contributed by atoms with van der Waals surface area (Å²) < 4.78 is 52.3. The summed E-state index contributed by atoms with van der Waals surface area (Å²) in [5.74, 6) is -2.62. The molecule has 1 aromatic rings. The van der Waals surface area contributed by atoms with Crippen LogP contribution in [0.15, 0.2) is 6.07 Å². The molecule has 1 aliphatic heterocycles. The smallest absolute Gasteiger partial charge is 0.477 e. The van der Waals surface area contributed by atoms with Crippen LogP contribution < -0.4 is 4.74 Å². The van der Waals surface area contributed by atoms with E-state index in [2.05, 4.69) is 20.8 Å². The molecular weight excluding hydrogens is 453 g/mol. The minimum atomic E-state index is -1.31. The Morgan fingerprint density at radius 2 is 1.97 bits per heavy atom. The van der Waals surface area contributed by atoms with Crippen LogP contribution >= 0.6 is 11.6 Å². The van der Waals surface area contributed by atoms with Crippen molar-refractivity contribution >= 4 is 24.7 Å². The molecule has 3 saturated carbocycles. The molecule has 0 aromatic heterocycles. The van der Waals surface area contributed by atoms with Crippen molar-refractivity contribution in [3.63, 3.8) is 0 Å². The number of halogens is 3. The minimum absolute atomic E-state index is 0.0512. The maximum absolute atomic E-state index is 14.6. The van der Waals surface area contributed by atoms with Crippen LogP contribution in [0.3, 0.4) is 0 Å². The van der Waals surface area contributed by atoms with E-state index in [9.17, 15) is 13.6 Å². The summed E-state index contributed by atoms with van der Waals surface area (Å²) >= 11 is 6.70. The molecule has 1 aromatic carbocycles. The Kier molecular flexibility index (Phi) is 6.07. The predicted octanol–water partition coefficient (Wildman–Crippen LogP) is 5.35. The average molecular weight is 485 g/mol. The van der Waals surface area contributed by atoms with Crippen molar-refractivity contribution in [2.24, 2.45) is 17.3 Å². The van der Waals surface area contributed by atoms with Crippen molar-refractivity contribution < 1.29 is 32.4 Å². The van der Waals surface area contributed by atoms with Crippen LogP contribution in [0.1, 0.15) is 70.3 Å². The second-order valence-electron chi connectivity index (χ2n) is 11.3. The van der Waals surface area contributed by atoms with Gasteiger partial charge >= 0.3 is 13.1 Å². The number of carbonyl (C=O) groups excluding carboxylic acids is 1. The molecule has 1 saturated heterocycles. The van der Waals surface area contributed by atoms with Crippen molar-refractivity contribution in [3.8, 4) is 5.75 Å². The molecule has 3 aliphatic carbocycles. The van der Waals surface area contributed by atoms with Gasteiger partial charge in [0.15, 0.2) is 11.6 Å². The average Bonchev–Trinajstić information content (AvgIpc) is 3.05. The zero-order valence-electron chi connectivity index (χ0n) is 20.3. The van der Waals surface area contributed by atoms with Crippen molar-refractivity contribution in [1.82, 2.24) is 0 Å². The Hall–Kier alpha value is -1.38.